The number of ether oxygens (including phenoxy) is 3. The van der Waals surface area contributed by atoms with Gasteiger partial charge in [0.15, 0.2) is 35.1 Å². The highest BCUT2D eigenvalue weighted by Gasteiger charge is 2.51. The molecule has 0 aromatic carbocycles. The minimum absolute atomic E-state index is 0.0296. The molecule has 0 radical (unpaired) electrons. The molecule has 4 aromatic heterocycles. The number of anilines is 2. The summed E-state index contributed by atoms with van der Waals surface area (Å²) in [5.41, 5.74) is 11.1. The molecule has 9 N–H and O–H groups in total. The first-order chi connectivity index (χ1) is 22.0. The van der Waals surface area contributed by atoms with E-state index in [9.17, 15) is 34.1 Å². The summed E-state index contributed by atoms with van der Waals surface area (Å²) in [5, 5.41) is 31.4. The number of hydrogen-bond acceptors (Lipinski definition) is 19. The molecule has 2 aliphatic rings. The van der Waals surface area contributed by atoms with Crippen molar-refractivity contribution < 1.29 is 57.1 Å². The average molecular weight is 688 g/mol. The summed E-state index contributed by atoms with van der Waals surface area (Å²) in [6.45, 7) is -2.06. The van der Waals surface area contributed by atoms with Crippen molar-refractivity contribution in [2.75, 3.05) is 31.5 Å². The number of nitrogen functional groups attached to an aromatic ring is 2. The number of phosphoric ester groups is 1. The zero-order valence-corrected chi connectivity index (χ0v) is 24.9. The van der Waals surface area contributed by atoms with Crippen molar-refractivity contribution in [2.45, 2.75) is 49.1 Å². The Morgan fingerprint density at radius 1 is 0.978 bits per heavy atom. The molecule has 0 spiro atoms. The van der Waals surface area contributed by atoms with Crippen LogP contribution in [0.4, 0.5) is 11.8 Å². The lowest BCUT2D eigenvalue weighted by atomic mass is 10.1. The molecule has 9 unspecified atom stereocenters. The molecular formula is C21H26N10O13P2. The summed E-state index contributed by atoms with van der Waals surface area (Å²) in [6, 6.07) is 0. The Kier molecular flexibility index (Phi) is 9.08. The van der Waals surface area contributed by atoms with E-state index in [1.165, 1.54) is 28.1 Å². The van der Waals surface area contributed by atoms with E-state index in [4.69, 9.17) is 39.2 Å². The van der Waals surface area contributed by atoms with E-state index in [2.05, 4.69) is 29.9 Å². The zero-order chi connectivity index (χ0) is 32.7. The number of nitrogens with zero attached hydrogens (tertiary/aromatic N) is 7. The Morgan fingerprint density at radius 3 is 2.43 bits per heavy atom. The second kappa shape index (κ2) is 12.9. The van der Waals surface area contributed by atoms with Crippen LogP contribution in [-0.4, -0.2) is 116 Å². The van der Waals surface area contributed by atoms with Crippen molar-refractivity contribution in [2.24, 2.45) is 0 Å². The van der Waals surface area contributed by atoms with Crippen LogP contribution in [0.25, 0.3) is 22.3 Å². The fraction of sp³-hybridized carbons (Fsp3) is 0.524. The highest BCUT2D eigenvalue weighted by Crippen LogP contribution is 2.49. The SMILES string of the molecule is Nc1nc2c(ncn2C2OC(COP(=O)(O)OC3C(COP=O)OC(n4cnc5c(N)ncnc54)C3O)C(O)C2OCO)c(=O)[nH]1. The Labute approximate surface area is 256 Å². The van der Waals surface area contributed by atoms with Crippen molar-refractivity contribution in [1.82, 2.24) is 39.0 Å². The smallest absolute Gasteiger partial charge is 0.387 e. The summed E-state index contributed by atoms with van der Waals surface area (Å²) in [4.78, 5) is 45.2. The topological polar surface area (TPSA) is 330 Å². The zero-order valence-electron chi connectivity index (χ0n) is 23.1. The highest BCUT2D eigenvalue weighted by molar-refractivity contribution is 7.47. The fourth-order valence-corrected chi connectivity index (χ4v) is 6.37. The molecule has 23 nitrogen and oxygen atoms in total. The number of aliphatic hydroxyl groups excluding tert-OH is 3. The van der Waals surface area contributed by atoms with Crippen LogP contribution in [0.3, 0.4) is 0 Å². The summed E-state index contributed by atoms with van der Waals surface area (Å²) >= 11 is 0. The molecule has 0 bridgehead atoms. The van der Waals surface area contributed by atoms with Gasteiger partial charge in [-0.1, -0.05) is 0 Å². The van der Waals surface area contributed by atoms with E-state index in [1.807, 2.05) is 0 Å². The number of aromatic amines is 1. The standard InChI is InChI=1S/C21H26N10O13P2/c22-15-9-16(25-3-24-15)30(4-26-9)19-12(34)13(8(43-19)1-40-45-36)44-46(37,38)41-2-7-11(33)14(39-6-32)20(42-7)31-5-27-10-17(31)28-21(23)29-18(10)35/h3-5,7-8,11-14,19-20,32-34H,1-2,6H2,(H,37,38)(H2,22,24,25)(H3,23,28,29,35). The third-order valence-electron chi connectivity index (χ3n) is 7.22. The molecule has 4 aromatic rings. The summed E-state index contributed by atoms with van der Waals surface area (Å²) in [5.74, 6) is -0.170. The third-order valence-corrected chi connectivity index (χ3v) is 8.46. The van der Waals surface area contributed by atoms with Crippen LogP contribution in [0.2, 0.25) is 0 Å². The maximum absolute atomic E-state index is 13.1. The van der Waals surface area contributed by atoms with Gasteiger partial charge in [0.25, 0.3) is 5.56 Å². The minimum Gasteiger partial charge on any atom is -0.387 e. The van der Waals surface area contributed by atoms with Crippen LogP contribution in [0.5, 0.6) is 0 Å². The molecule has 0 saturated carbocycles. The predicted octanol–water partition coefficient (Wildman–Crippen LogP) is -2.30. The number of H-pyrrole nitrogens is 1. The monoisotopic (exact) mass is 688 g/mol. The lowest BCUT2D eigenvalue weighted by Gasteiger charge is -2.24. The largest absolute Gasteiger partial charge is 0.472 e. The first-order valence-electron chi connectivity index (χ1n) is 13.2. The number of imidazole rings is 2. The van der Waals surface area contributed by atoms with Crippen molar-refractivity contribution >= 4 is 50.6 Å². The minimum atomic E-state index is -5.08. The summed E-state index contributed by atoms with van der Waals surface area (Å²) in [6.07, 6.45) is -7.63. The number of phosphoric acid groups is 1. The van der Waals surface area contributed by atoms with Gasteiger partial charge in [0.05, 0.1) is 25.9 Å². The van der Waals surface area contributed by atoms with Crippen molar-refractivity contribution in [1.29, 1.82) is 0 Å². The number of nitrogens with two attached hydrogens (primary N) is 2. The van der Waals surface area contributed by atoms with Crippen LogP contribution in [0.1, 0.15) is 12.5 Å². The number of nitrogens with one attached hydrogen (secondary N) is 1. The van der Waals surface area contributed by atoms with E-state index in [1.54, 1.807) is 0 Å². The van der Waals surface area contributed by atoms with Gasteiger partial charge in [-0.3, -0.25) is 32.5 Å². The second-order valence-electron chi connectivity index (χ2n) is 9.93. The molecule has 248 valence electrons. The van der Waals surface area contributed by atoms with E-state index in [-0.39, 0.29) is 34.1 Å². The highest BCUT2D eigenvalue weighted by atomic mass is 31.2. The normalized spacial score (nSPS) is 29.7. The molecular weight excluding hydrogens is 662 g/mol. The number of fused-ring (bicyclic) bond motifs is 2. The van der Waals surface area contributed by atoms with Crippen LogP contribution in [0.15, 0.2) is 23.8 Å². The second-order valence-corrected chi connectivity index (χ2v) is 11.7. The molecule has 46 heavy (non-hydrogen) atoms. The number of aliphatic hydroxyl groups is 3. The molecule has 0 amide bonds. The van der Waals surface area contributed by atoms with Crippen LogP contribution in [0, 0.1) is 0 Å². The molecule has 6 heterocycles. The van der Waals surface area contributed by atoms with E-state index >= 15 is 0 Å². The average Bonchev–Trinajstić information content (AvgIpc) is 3.77. The predicted molar refractivity (Wildman–Crippen MR) is 148 cm³/mol. The van der Waals surface area contributed by atoms with Crippen LogP contribution in [-0.2, 0) is 36.9 Å². The van der Waals surface area contributed by atoms with Gasteiger partial charge in [0.2, 0.25) is 5.95 Å². The number of rotatable bonds is 12. The van der Waals surface area contributed by atoms with Gasteiger partial charge in [-0.25, -0.2) is 29.1 Å². The Hall–Kier alpha value is -3.57. The molecule has 2 fully saturated rings. The maximum atomic E-state index is 13.1. The van der Waals surface area contributed by atoms with Gasteiger partial charge in [0.1, 0.15) is 55.3 Å². The van der Waals surface area contributed by atoms with Gasteiger partial charge in [-0.15, -0.1) is 0 Å². The Balaban J connectivity index is 1.18. The molecule has 9 atom stereocenters. The molecule has 6 rings (SSSR count). The van der Waals surface area contributed by atoms with Crippen molar-refractivity contribution in [3.8, 4) is 0 Å². The van der Waals surface area contributed by atoms with E-state index in [0.29, 0.717) is 0 Å². The number of aromatic nitrogens is 8. The van der Waals surface area contributed by atoms with Crippen LogP contribution < -0.4 is 17.0 Å². The van der Waals surface area contributed by atoms with Gasteiger partial charge < -0.3 is 45.9 Å². The first kappa shape index (κ1) is 32.4. The van der Waals surface area contributed by atoms with Gasteiger partial charge in [-0.05, 0) is 0 Å². The molecule has 25 heteroatoms. The summed E-state index contributed by atoms with van der Waals surface area (Å²) in [7, 11) is -5.81. The van der Waals surface area contributed by atoms with E-state index < -0.39 is 91.2 Å². The quantitative estimate of drug-likeness (QED) is 0.0607. The van der Waals surface area contributed by atoms with Gasteiger partial charge in [0, 0.05) is 0 Å². The van der Waals surface area contributed by atoms with E-state index in [0.717, 1.165) is 0 Å². The lowest BCUT2D eigenvalue weighted by molar-refractivity contribution is -0.116. The maximum Gasteiger partial charge on any atom is 0.472 e. The summed E-state index contributed by atoms with van der Waals surface area (Å²) < 4.78 is 58.7. The van der Waals surface area contributed by atoms with Crippen molar-refractivity contribution in [3.05, 3.63) is 29.3 Å². The lowest BCUT2D eigenvalue weighted by Crippen LogP contribution is -2.37. The molecule has 0 aliphatic carbocycles. The number of hydrogen-bond donors (Lipinski definition) is 7. The van der Waals surface area contributed by atoms with Crippen LogP contribution >= 0.6 is 16.5 Å². The molecule has 2 aliphatic heterocycles. The first-order valence-corrected chi connectivity index (χ1v) is 15.4. The van der Waals surface area contributed by atoms with Gasteiger partial charge >= 0.3 is 16.5 Å². The van der Waals surface area contributed by atoms with Gasteiger partial charge in [-0.2, -0.15) is 4.98 Å². The fourth-order valence-electron chi connectivity index (χ4n) is 5.20. The third kappa shape index (κ3) is 5.99. The molecule has 2 saturated heterocycles. The Bertz CT molecular complexity index is 1840. The Morgan fingerprint density at radius 2 is 1.70 bits per heavy atom. The van der Waals surface area contributed by atoms with Crippen molar-refractivity contribution in [3.63, 3.8) is 0 Å².